The molecule has 2 aromatic carbocycles. The number of aromatic nitrogens is 2. The van der Waals surface area contributed by atoms with Gasteiger partial charge in [-0.25, -0.2) is 4.98 Å². The van der Waals surface area contributed by atoms with Gasteiger partial charge in [0.25, 0.3) is 0 Å². The summed E-state index contributed by atoms with van der Waals surface area (Å²) in [6, 6.07) is 17.6. The SMILES string of the molecule is CN(c1ccccc1)c1nc(N)ncc1-c1ccccc1N. The van der Waals surface area contributed by atoms with Crippen LogP contribution in [0.5, 0.6) is 0 Å². The summed E-state index contributed by atoms with van der Waals surface area (Å²) < 4.78 is 0. The topological polar surface area (TPSA) is 81.1 Å². The Morgan fingerprint density at radius 2 is 1.55 bits per heavy atom. The smallest absolute Gasteiger partial charge is 0.221 e. The number of para-hydroxylation sites is 2. The van der Waals surface area contributed by atoms with E-state index >= 15 is 0 Å². The van der Waals surface area contributed by atoms with E-state index < -0.39 is 0 Å². The van der Waals surface area contributed by atoms with E-state index in [2.05, 4.69) is 9.97 Å². The molecule has 3 aromatic rings. The zero-order chi connectivity index (χ0) is 15.5. The fourth-order valence-electron chi connectivity index (χ4n) is 2.35. The maximum atomic E-state index is 6.09. The van der Waals surface area contributed by atoms with E-state index in [1.165, 1.54) is 0 Å². The number of rotatable bonds is 3. The zero-order valence-electron chi connectivity index (χ0n) is 12.3. The molecule has 1 heterocycles. The monoisotopic (exact) mass is 291 g/mol. The second-order valence-corrected chi connectivity index (χ2v) is 4.95. The number of anilines is 4. The van der Waals surface area contributed by atoms with Crippen molar-refractivity contribution in [3.05, 3.63) is 60.8 Å². The maximum Gasteiger partial charge on any atom is 0.221 e. The van der Waals surface area contributed by atoms with E-state index in [0.717, 1.165) is 22.6 Å². The minimum atomic E-state index is 0.232. The van der Waals surface area contributed by atoms with Crippen LogP contribution in [-0.4, -0.2) is 17.0 Å². The van der Waals surface area contributed by atoms with Crippen LogP contribution in [0.25, 0.3) is 11.1 Å². The molecule has 0 saturated carbocycles. The maximum absolute atomic E-state index is 6.09. The number of hydrogen-bond donors (Lipinski definition) is 2. The first-order valence-corrected chi connectivity index (χ1v) is 6.93. The van der Waals surface area contributed by atoms with Gasteiger partial charge in [-0.2, -0.15) is 4.98 Å². The van der Waals surface area contributed by atoms with Crippen molar-refractivity contribution in [1.29, 1.82) is 0 Å². The highest BCUT2D eigenvalue weighted by Crippen LogP contribution is 2.35. The summed E-state index contributed by atoms with van der Waals surface area (Å²) in [4.78, 5) is 10.5. The van der Waals surface area contributed by atoms with Gasteiger partial charge in [-0.15, -0.1) is 0 Å². The molecule has 0 amide bonds. The molecule has 22 heavy (non-hydrogen) atoms. The summed E-state index contributed by atoms with van der Waals surface area (Å²) in [5.74, 6) is 0.952. The van der Waals surface area contributed by atoms with E-state index in [0.29, 0.717) is 5.69 Å². The van der Waals surface area contributed by atoms with Crippen molar-refractivity contribution >= 4 is 23.1 Å². The lowest BCUT2D eigenvalue weighted by molar-refractivity contribution is 1.09. The number of nitrogens with two attached hydrogens (primary N) is 2. The Hall–Kier alpha value is -3.08. The summed E-state index contributed by atoms with van der Waals surface area (Å²) in [6.45, 7) is 0. The van der Waals surface area contributed by atoms with Gasteiger partial charge < -0.3 is 16.4 Å². The first-order valence-electron chi connectivity index (χ1n) is 6.93. The van der Waals surface area contributed by atoms with Crippen molar-refractivity contribution in [2.75, 3.05) is 23.4 Å². The first kappa shape index (κ1) is 13.9. The molecule has 0 fully saturated rings. The van der Waals surface area contributed by atoms with Gasteiger partial charge in [0.15, 0.2) is 0 Å². The van der Waals surface area contributed by atoms with E-state index in [1.807, 2.05) is 66.5 Å². The fourth-order valence-corrected chi connectivity index (χ4v) is 2.35. The van der Waals surface area contributed by atoms with Crippen LogP contribution >= 0.6 is 0 Å². The van der Waals surface area contributed by atoms with Crippen LogP contribution in [0.4, 0.5) is 23.1 Å². The van der Waals surface area contributed by atoms with Crippen LogP contribution < -0.4 is 16.4 Å². The normalized spacial score (nSPS) is 10.4. The molecule has 0 unspecified atom stereocenters. The van der Waals surface area contributed by atoms with Crippen LogP contribution in [0.3, 0.4) is 0 Å². The van der Waals surface area contributed by atoms with Crippen molar-refractivity contribution in [2.24, 2.45) is 0 Å². The third-order valence-electron chi connectivity index (χ3n) is 3.50. The molecule has 0 aliphatic carbocycles. The lowest BCUT2D eigenvalue weighted by atomic mass is 10.1. The molecule has 4 N–H and O–H groups in total. The van der Waals surface area contributed by atoms with Crippen LogP contribution in [-0.2, 0) is 0 Å². The molecule has 0 saturated heterocycles. The quantitative estimate of drug-likeness (QED) is 0.725. The lowest BCUT2D eigenvalue weighted by Gasteiger charge is -2.22. The largest absolute Gasteiger partial charge is 0.398 e. The van der Waals surface area contributed by atoms with Crippen molar-refractivity contribution in [3.8, 4) is 11.1 Å². The second-order valence-electron chi connectivity index (χ2n) is 4.95. The average molecular weight is 291 g/mol. The summed E-state index contributed by atoms with van der Waals surface area (Å²) in [5, 5.41) is 0. The Labute approximate surface area is 129 Å². The van der Waals surface area contributed by atoms with E-state index in [-0.39, 0.29) is 5.95 Å². The predicted molar refractivity (Wildman–Crippen MR) is 90.8 cm³/mol. The van der Waals surface area contributed by atoms with Crippen molar-refractivity contribution in [2.45, 2.75) is 0 Å². The van der Waals surface area contributed by atoms with Gasteiger partial charge in [0, 0.05) is 35.7 Å². The highest BCUT2D eigenvalue weighted by Gasteiger charge is 2.15. The van der Waals surface area contributed by atoms with Crippen molar-refractivity contribution < 1.29 is 0 Å². The molecule has 0 radical (unpaired) electrons. The van der Waals surface area contributed by atoms with Gasteiger partial charge in [-0.1, -0.05) is 36.4 Å². The second kappa shape index (κ2) is 5.73. The Balaban J connectivity index is 2.15. The molecule has 5 heteroatoms. The van der Waals surface area contributed by atoms with Crippen molar-refractivity contribution in [3.63, 3.8) is 0 Å². The molecule has 0 bridgehead atoms. The van der Waals surface area contributed by atoms with Crippen LogP contribution in [0.1, 0.15) is 0 Å². The van der Waals surface area contributed by atoms with Gasteiger partial charge >= 0.3 is 0 Å². The number of nitrogens with zero attached hydrogens (tertiary/aromatic N) is 3. The summed E-state index contributed by atoms with van der Waals surface area (Å²) in [6.07, 6.45) is 1.71. The Morgan fingerprint density at radius 3 is 2.27 bits per heavy atom. The predicted octanol–water partition coefficient (Wildman–Crippen LogP) is 3.08. The van der Waals surface area contributed by atoms with Gasteiger partial charge in [-0.05, 0) is 18.2 Å². The number of benzene rings is 2. The van der Waals surface area contributed by atoms with Crippen LogP contribution in [0.2, 0.25) is 0 Å². The number of nitrogen functional groups attached to an aromatic ring is 2. The minimum Gasteiger partial charge on any atom is -0.398 e. The van der Waals surface area contributed by atoms with Gasteiger partial charge in [0.2, 0.25) is 5.95 Å². The zero-order valence-corrected chi connectivity index (χ0v) is 12.3. The fraction of sp³-hybridized carbons (Fsp3) is 0.0588. The van der Waals surface area contributed by atoms with Crippen LogP contribution in [0, 0.1) is 0 Å². The third kappa shape index (κ3) is 2.56. The first-order chi connectivity index (χ1) is 10.7. The third-order valence-corrected chi connectivity index (χ3v) is 3.50. The Kier molecular flexibility index (Phi) is 3.62. The van der Waals surface area contributed by atoms with E-state index in [1.54, 1.807) is 6.20 Å². The molecule has 3 rings (SSSR count). The minimum absolute atomic E-state index is 0.232. The Bertz CT molecular complexity index is 786. The van der Waals surface area contributed by atoms with Gasteiger partial charge in [-0.3, -0.25) is 0 Å². The standard InChI is InChI=1S/C17H17N5/c1-22(12-7-3-2-4-8-12)16-14(11-20-17(19)21-16)13-9-5-6-10-15(13)18/h2-11H,18H2,1H3,(H2,19,20,21). The highest BCUT2D eigenvalue weighted by atomic mass is 15.2. The highest BCUT2D eigenvalue weighted by molar-refractivity contribution is 5.85. The van der Waals surface area contributed by atoms with Gasteiger partial charge in [0.1, 0.15) is 5.82 Å². The van der Waals surface area contributed by atoms with E-state index in [9.17, 15) is 0 Å². The van der Waals surface area contributed by atoms with Gasteiger partial charge in [0.05, 0.1) is 0 Å². The molecule has 0 aliphatic rings. The molecule has 0 atom stereocenters. The van der Waals surface area contributed by atoms with Crippen molar-refractivity contribution in [1.82, 2.24) is 9.97 Å². The molecule has 0 spiro atoms. The molecule has 1 aromatic heterocycles. The summed E-state index contributed by atoms with van der Waals surface area (Å²) >= 11 is 0. The number of hydrogen-bond acceptors (Lipinski definition) is 5. The molecule has 5 nitrogen and oxygen atoms in total. The molecule has 0 aliphatic heterocycles. The van der Waals surface area contributed by atoms with Crippen LogP contribution in [0.15, 0.2) is 60.8 Å². The molecule has 110 valence electrons. The summed E-state index contributed by atoms with van der Waals surface area (Å²) in [7, 11) is 1.94. The molecular formula is C17H17N5. The van der Waals surface area contributed by atoms with E-state index in [4.69, 9.17) is 11.5 Å². The summed E-state index contributed by atoms with van der Waals surface area (Å²) in [5.41, 5.74) is 15.3. The molecular weight excluding hydrogens is 274 g/mol. The Morgan fingerprint density at radius 1 is 0.864 bits per heavy atom. The lowest BCUT2D eigenvalue weighted by Crippen LogP contribution is -2.14. The average Bonchev–Trinajstić information content (AvgIpc) is 2.56.